The third kappa shape index (κ3) is 4.49. The normalized spacial score (nSPS) is 14.3. The second-order valence-corrected chi connectivity index (χ2v) is 5.18. The average molecular weight is 248 g/mol. The molecule has 100 valence electrons. The largest absolute Gasteiger partial charge is 0.353 e. The van der Waals surface area contributed by atoms with E-state index in [0.717, 1.165) is 0 Å². The quantitative estimate of drug-likeness (QED) is 0.841. The summed E-state index contributed by atoms with van der Waals surface area (Å²) < 4.78 is 0. The third-order valence-corrected chi connectivity index (χ3v) is 2.90. The molecule has 1 aromatic rings. The highest BCUT2D eigenvalue weighted by Crippen LogP contribution is 2.13. The Hall–Kier alpha value is -1.35. The van der Waals surface area contributed by atoms with Crippen LogP contribution >= 0.6 is 0 Å². The lowest BCUT2D eigenvalue weighted by Crippen LogP contribution is -2.45. The fraction of sp³-hybridized carbons (Fsp3) is 0.533. The first-order valence-corrected chi connectivity index (χ1v) is 6.53. The molecular formula is C15H24N2O. The molecule has 1 unspecified atom stereocenters. The lowest BCUT2D eigenvalue weighted by Gasteiger charge is -2.21. The Bertz CT molecular complexity index is 384. The first kappa shape index (κ1) is 14.7. The molecule has 0 saturated carbocycles. The van der Waals surface area contributed by atoms with E-state index >= 15 is 0 Å². The summed E-state index contributed by atoms with van der Waals surface area (Å²) in [6, 6.07) is 8.53. The first-order valence-electron chi connectivity index (χ1n) is 6.53. The molecule has 0 bridgehead atoms. The maximum atomic E-state index is 11.8. The number of carbonyl (C=O) groups is 1. The van der Waals surface area contributed by atoms with Gasteiger partial charge < -0.3 is 5.32 Å². The summed E-state index contributed by atoms with van der Waals surface area (Å²) in [6.07, 6.45) is 0. The van der Waals surface area contributed by atoms with Crippen LogP contribution in [0.4, 0.5) is 0 Å². The predicted molar refractivity (Wildman–Crippen MR) is 75.5 cm³/mol. The van der Waals surface area contributed by atoms with E-state index in [1.165, 1.54) is 11.1 Å². The van der Waals surface area contributed by atoms with E-state index in [-0.39, 0.29) is 24.0 Å². The number of hydrogen-bond acceptors (Lipinski definition) is 2. The van der Waals surface area contributed by atoms with E-state index in [0.29, 0.717) is 0 Å². The zero-order valence-corrected chi connectivity index (χ0v) is 11.9. The van der Waals surface area contributed by atoms with Crippen LogP contribution in [0.1, 0.15) is 44.9 Å². The van der Waals surface area contributed by atoms with Crippen LogP contribution in [-0.4, -0.2) is 18.0 Å². The molecule has 3 nitrogen and oxygen atoms in total. The Morgan fingerprint density at radius 1 is 1.06 bits per heavy atom. The Morgan fingerprint density at radius 3 is 2.11 bits per heavy atom. The van der Waals surface area contributed by atoms with Gasteiger partial charge in [0, 0.05) is 12.1 Å². The topological polar surface area (TPSA) is 41.1 Å². The van der Waals surface area contributed by atoms with Gasteiger partial charge in [0.05, 0.1) is 6.04 Å². The van der Waals surface area contributed by atoms with Crippen molar-refractivity contribution in [2.75, 3.05) is 0 Å². The highest BCUT2D eigenvalue weighted by atomic mass is 16.2. The summed E-state index contributed by atoms with van der Waals surface area (Å²) in [6.45, 7) is 9.97. The number of nitrogens with one attached hydrogen (secondary N) is 2. The van der Waals surface area contributed by atoms with Gasteiger partial charge in [-0.3, -0.25) is 10.1 Å². The summed E-state index contributed by atoms with van der Waals surface area (Å²) in [5.74, 6) is 0.0453. The minimum absolute atomic E-state index is 0.0453. The number of amides is 1. The van der Waals surface area contributed by atoms with Gasteiger partial charge in [0.25, 0.3) is 0 Å². The molecule has 2 N–H and O–H groups in total. The van der Waals surface area contributed by atoms with Crippen molar-refractivity contribution in [2.45, 2.75) is 52.7 Å². The Balaban J connectivity index is 2.56. The Morgan fingerprint density at radius 2 is 1.61 bits per heavy atom. The van der Waals surface area contributed by atoms with Crippen molar-refractivity contribution in [2.24, 2.45) is 0 Å². The molecule has 2 atom stereocenters. The summed E-state index contributed by atoms with van der Waals surface area (Å²) in [5.41, 5.74) is 2.45. The molecule has 0 aromatic heterocycles. The highest BCUT2D eigenvalue weighted by molar-refractivity contribution is 5.81. The molecule has 3 heteroatoms. The van der Waals surface area contributed by atoms with E-state index in [1.54, 1.807) is 0 Å². The molecule has 1 aromatic carbocycles. The van der Waals surface area contributed by atoms with Crippen LogP contribution in [0.5, 0.6) is 0 Å². The van der Waals surface area contributed by atoms with Crippen molar-refractivity contribution in [1.82, 2.24) is 10.6 Å². The number of aryl methyl sites for hydroxylation is 1. The molecular weight excluding hydrogens is 224 g/mol. The number of hydrogen-bond donors (Lipinski definition) is 2. The fourth-order valence-electron chi connectivity index (χ4n) is 1.81. The van der Waals surface area contributed by atoms with Gasteiger partial charge in [0.1, 0.15) is 0 Å². The molecule has 0 aliphatic carbocycles. The number of rotatable bonds is 5. The van der Waals surface area contributed by atoms with Crippen LogP contribution in [0.3, 0.4) is 0 Å². The monoisotopic (exact) mass is 248 g/mol. The zero-order valence-electron chi connectivity index (χ0n) is 11.9. The van der Waals surface area contributed by atoms with Crippen molar-refractivity contribution in [3.63, 3.8) is 0 Å². The van der Waals surface area contributed by atoms with Gasteiger partial charge in [0.2, 0.25) is 5.91 Å². The summed E-state index contributed by atoms with van der Waals surface area (Å²) in [7, 11) is 0. The molecule has 0 fully saturated rings. The summed E-state index contributed by atoms with van der Waals surface area (Å²) in [5, 5.41) is 6.22. The minimum Gasteiger partial charge on any atom is -0.353 e. The number of benzene rings is 1. The van der Waals surface area contributed by atoms with Gasteiger partial charge in [-0.15, -0.1) is 0 Å². The molecule has 0 spiro atoms. The van der Waals surface area contributed by atoms with Crippen molar-refractivity contribution in [1.29, 1.82) is 0 Å². The Labute approximate surface area is 110 Å². The van der Waals surface area contributed by atoms with Gasteiger partial charge in [0.15, 0.2) is 0 Å². The SMILES string of the molecule is Cc1ccc([C@H](C)NC(C)C(=O)NC(C)C)cc1. The van der Waals surface area contributed by atoms with Crippen LogP contribution in [0.2, 0.25) is 0 Å². The van der Waals surface area contributed by atoms with Crippen LogP contribution < -0.4 is 10.6 Å². The van der Waals surface area contributed by atoms with Gasteiger partial charge in [-0.25, -0.2) is 0 Å². The lowest BCUT2D eigenvalue weighted by molar-refractivity contribution is -0.123. The van der Waals surface area contributed by atoms with E-state index in [4.69, 9.17) is 0 Å². The van der Waals surface area contributed by atoms with Crippen molar-refractivity contribution < 1.29 is 4.79 Å². The molecule has 0 aliphatic rings. The molecule has 0 aliphatic heterocycles. The van der Waals surface area contributed by atoms with Crippen LogP contribution in [0.25, 0.3) is 0 Å². The molecule has 18 heavy (non-hydrogen) atoms. The second-order valence-electron chi connectivity index (χ2n) is 5.18. The smallest absolute Gasteiger partial charge is 0.237 e. The molecule has 0 radical (unpaired) electrons. The Kier molecular flexibility index (Phi) is 5.35. The van der Waals surface area contributed by atoms with Crippen molar-refractivity contribution in [3.8, 4) is 0 Å². The van der Waals surface area contributed by atoms with Gasteiger partial charge >= 0.3 is 0 Å². The third-order valence-electron chi connectivity index (χ3n) is 2.90. The fourth-order valence-corrected chi connectivity index (χ4v) is 1.81. The molecule has 1 amide bonds. The summed E-state index contributed by atoms with van der Waals surface area (Å²) >= 11 is 0. The van der Waals surface area contributed by atoms with Gasteiger partial charge in [-0.2, -0.15) is 0 Å². The summed E-state index contributed by atoms with van der Waals surface area (Å²) in [4.78, 5) is 11.8. The standard InChI is InChI=1S/C15H24N2O/c1-10(2)16-15(18)13(5)17-12(4)14-8-6-11(3)7-9-14/h6-10,12-13,17H,1-5H3,(H,16,18)/t12-,13?/m0/s1. The zero-order chi connectivity index (χ0) is 13.7. The van der Waals surface area contributed by atoms with Gasteiger partial charge in [-0.1, -0.05) is 29.8 Å². The van der Waals surface area contributed by atoms with Crippen molar-refractivity contribution >= 4 is 5.91 Å². The predicted octanol–water partition coefficient (Wildman–Crippen LogP) is 2.56. The van der Waals surface area contributed by atoms with E-state index in [2.05, 4.69) is 48.7 Å². The molecule has 1 rings (SSSR count). The van der Waals surface area contributed by atoms with Crippen LogP contribution in [0.15, 0.2) is 24.3 Å². The van der Waals surface area contributed by atoms with Crippen LogP contribution in [-0.2, 0) is 4.79 Å². The molecule has 0 heterocycles. The highest BCUT2D eigenvalue weighted by Gasteiger charge is 2.16. The van der Waals surface area contributed by atoms with E-state index < -0.39 is 0 Å². The second kappa shape index (κ2) is 6.55. The number of carbonyl (C=O) groups excluding carboxylic acids is 1. The average Bonchev–Trinajstić information content (AvgIpc) is 2.28. The first-order chi connectivity index (χ1) is 8.40. The van der Waals surface area contributed by atoms with Crippen LogP contribution in [0, 0.1) is 6.92 Å². The van der Waals surface area contributed by atoms with Gasteiger partial charge in [-0.05, 0) is 40.2 Å². The maximum absolute atomic E-state index is 11.8. The molecule has 0 saturated heterocycles. The lowest BCUT2D eigenvalue weighted by atomic mass is 10.1. The maximum Gasteiger partial charge on any atom is 0.237 e. The minimum atomic E-state index is -0.191. The van der Waals surface area contributed by atoms with Crippen molar-refractivity contribution in [3.05, 3.63) is 35.4 Å². The van der Waals surface area contributed by atoms with E-state index in [9.17, 15) is 4.79 Å². The van der Waals surface area contributed by atoms with E-state index in [1.807, 2.05) is 20.8 Å².